The Morgan fingerprint density at radius 3 is 1.51 bits per heavy atom. The average molecular weight is 1460 g/mol. The van der Waals surface area contributed by atoms with Gasteiger partial charge in [0, 0.05) is 55.9 Å². The number of guanidine groups is 1. The number of aromatic nitrogens is 1. The fourth-order valence-corrected chi connectivity index (χ4v) is 11.6. The van der Waals surface area contributed by atoms with Gasteiger partial charge in [-0.25, -0.2) is 4.79 Å². The molecule has 11 amide bonds. The molecule has 1 aromatic heterocycles. The summed E-state index contributed by atoms with van der Waals surface area (Å²) in [6.07, 6.45) is -1.42. The molecule has 35 heteroatoms. The van der Waals surface area contributed by atoms with E-state index in [1.807, 2.05) is 24.3 Å². The zero-order valence-corrected chi connectivity index (χ0v) is 57.8. The molecule has 11 atom stereocenters. The van der Waals surface area contributed by atoms with Gasteiger partial charge in [-0.1, -0.05) is 86.6 Å². The lowest BCUT2D eigenvalue weighted by Crippen LogP contribution is -2.61. The van der Waals surface area contributed by atoms with Crippen LogP contribution in [0.4, 0.5) is 0 Å². The second-order valence-electron chi connectivity index (χ2n) is 25.8. The van der Waals surface area contributed by atoms with Gasteiger partial charge < -0.3 is 111 Å². The molecule has 6 rings (SSSR count). The fraction of sp³-hybridized carbons (Fsp3) is 0.429. The van der Waals surface area contributed by atoms with Crippen molar-refractivity contribution in [1.29, 1.82) is 5.41 Å². The van der Waals surface area contributed by atoms with Gasteiger partial charge in [0.15, 0.2) is 5.96 Å². The maximum absolute atomic E-state index is 14.7. The number of nitrogens with one attached hydrogen (secondary N) is 12. The number of hydrogen-bond acceptors (Lipinski definition) is 19. The molecule has 1 aliphatic rings. The SMILES string of the molecule is CC(C)C[C@H](NC(=O)[C@H](CC(N)=O)NC(=O)[C@H](CCC(=O)O)NC(=O)[C@H](Cc1ccc(O)cc1)NC(=O)[C@H](Cc1ccccc1)NC(=O)[C@H](CO)NC(=O)[C@@H]1CCCN1C(=O)[C@H](CO)NC(=O)[C@H](CCCNC(=N)N)NC(=O)[C@H](Cc1ccc(O)cc1)NC(=O)[C@@H](N)Cc1c[nH]c2ccccc12)C(=O)O. The Balaban J connectivity index is 1.18. The van der Waals surface area contributed by atoms with Gasteiger partial charge in [0.05, 0.1) is 25.7 Å². The number of primary amides is 1. The highest BCUT2D eigenvalue weighted by Gasteiger charge is 2.41. The van der Waals surface area contributed by atoms with Gasteiger partial charge in [-0.05, 0) is 103 Å². The molecule has 105 heavy (non-hydrogen) atoms. The lowest BCUT2D eigenvalue weighted by Gasteiger charge is -2.30. The number of phenols is 2. The molecule has 1 aliphatic heterocycles. The van der Waals surface area contributed by atoms with Crippen LogP contribution >= 0.6 is 0 Å². The van der Waals surface area contributed by atoms with Gasteiger partial charge in [-0.2, -0.15) is 0 Å². The number of amides is 11. The molecule has 1 fully saturated rings. The molecule has 35 nitrogen and oxygen atoms in total. The van der Waals surface area contributed by atoms with Crippen LogP contribution < -0.4 is 70.4 Å². The summed E-state index contributed by atoms with van der Waals surface area (Å²) >= 11 is 0. The molecule has 0 aliphatic carbocycles. The highest BCUT2D eigenvalue weighted by molar-refractivity contribution is 6.00. The van der Waals surface area contributed by atoms with E-state index in [2.05, 4.69) is 58.2 Å². The molecule has 1 saturated heterocycles. The number of phenolic OH excluding ortho intramolecular Hbond substituents is 2. The molecule has 4 aromatic carbocycles. The number of carbonyl (C=O) groups is 13. The molecular formula is C70H92N16O19. The van der Waals surface area contributed by atoms with Crippen LogP contribution in [0.2, 0.25) is 0 Å². The van der Waals surface area contributed by atoms with Crippen molar-refractivity contribution in [1.82, 2.24) is 63.1 Å². The molecular weight excluding hydrogens is 1370 g/mol. The summed E-state index contributed by atoms with van der Waals surface area (Å²) in [5.74, 6) is -15.3. The molecule has 566 valence electrons. The van der Waals surface area contributed by atoms with Crippen LogP contribution in [-0.2, 0) is 88.0 Å². The summed E-state index contributed by atoms with van der Waals surface area (Å²) in [6, 6.07) is 8.86. The predicted molar refractivity (Wildman–Crippen MR) is 377 cm³/mol. The predicted octanol–water partition coefficient (Wildman–Crippen LogP) is -3.35. The van der Waals surface area contributed by atoms with E-state index in [0.717, 1.165) is 21.4 Å². The number of aliphatic hydroxyl groups excluding tert-OH is 2. The van der Waals surface area contributed by atoms with Crippen LogP contribution in [0, 0.1) is 11.3 Å². The summed E-state index contributed by atoms with van der Waals surface area (Å²) in [4.78, 5) is 183. The van der Waals surface area contributed by atoms with Gasteiger partial charge in [0.2, 0.25) is 65.0 Å². The zero-order chi connectivity index (χ0) is 77.0. The first-order valence-corrected chi connectivity index (χ1v) is 33.9. The number of carboxylic acids is 2. The lowest BCUT2D eigenvalue weighted by atomic mass is 10.0. The Morgan fingerprint density at radius 1 is 0.543 bits per heavy atom. The quantitative estimate of drug-likeness (QED) is 0.0103. The number of aromatic amines is 1. The summed E-state index contributed by atoms with van der Waals surface area (Å²) in [5, 5.41) is 94.1. The average Bonchev–Trinajstić information content (AvgIpc) is 1.81. The van der Waals surface area contributed by atoms with Crippen molar-refractivity contribution in [2.24, 2.45) is 23.1 Å². The molecule has 0 unspecified atom stereocenters. The van der Waals surface area contributed by atoms with E-state index < -0.39 is 188 Å². The van der Waals surface area contributed by atoms with Gasteiger partial charge in [0.1, 0.15) is 71.9 Å². The molecule has 24 N–H and O–H groups in total. The number of nitrogens with zero attached hydrogens (tertiary/aromatic N) is 1. The van der Waals surface area contributed by atoms with Crippen LogP contribution in [-0.4, -0.2) is 216 Å². The number of benzene rings is 4. The Bertz CT molecular complexity index is 3880. The number of aliphatic carboxylic acids is 2. The van der Waals surface area contributed by atoms with E-state index >= 15 is 0 Å². The van der Waals surface area contributed by atoms with E-state index in [9.17, 15) is 93.0 Å². The standard InChI is InChI=1S/C70H92N16O19/c1-37(2)28-53(69(104)105)83-65(100)52(33-57(72)91)82-61(96)48(24-25-58(92)93)78-63(98)51(31-40-18-22-43(90)23-19-40)80-64(99)50(29-38-10-4-3-5-11-38)81-66(101)54(35-87)84-67(102)56-15-9-27-86(56)68(103)55(36-88)85-60(95)47(14-8-26-75-70(73)74)77-62(97)49(30-39-16-20-42(89)21-17-39)79-59(94)45(71)32-41-34-76-46-13-7-6-12-44(41)46/h3-7,10-13,16-23,34,37,45,47-56,76,87-90H,8-9,14-15,24-33,35-36,71H2,1-2H3,(H2,72,91)(H,77,97)(H,78,98)(H,79,94)(H,80,99)(H,81,101)(H,82,96)(H,83,100)(H,84,102)(H,85,95)(H,92,93)(H,104,105)(H4,73,74,75)/t45-,47-,48-,49-,50-,51-,52-,53-,54-,55-,56-/m0/s1. The molecule has 0 bridgehead atoms. The van der Waals surface area contributed by atoms with Crippen molar-refractivity contribution in [3.05, 3.63) is 132 Å². The summed E-state index contributed by atoms with van der Waals surface area (Å²) in [7, 11) is 0. The Morgan fingerprint density at radius 2 is 1.00 bits per heavy atom. The van der Waals surface area contributed by atoms with Gasteiger partial charge in [-0.3, -0.25) is 62.9 Å². The van der Waals surface area contributed by atoms with Crippen LogP contribution in [0.1, 0.15) is 87.5 Å². The van der Waals surface area contributed by atoms with E-state index in [1.165, 1.54) is 48.5 Å². The monoisotopic (exact) mass is 1460 g/mol. The number of fused-ring (bicyclic) bond motifs is 1. The minimum Gasteiger partial charge on any atom is -0.508 e. The van der Waals surface area contributed by atoms with Crippen molar-refractivity contribution in [3.63, 3.8) is 0 Å². The third-order valence-corrected chi connectivity index (χ3v) is 17.1. The van der Waals surface area contributed by atoms with Crippen molar-refractivity contribution in [2.75, 3.05) is 26.3 Å². The first kappa shape index (κ1) is 82.2. The van der Waals surface area contributed by atoms with Crippen LogP contribution in [0.25, 0.3) is 10.9 Å². The molecule has 0 saturated carbocycles. The number of H-pyrrole nitrogens is 1. The van der Waals surface area contributed by atoms with Crippen LogP contribution in [0.5, 0.6) is 11.5 Å². The smallest absolute Gasteiger partial charge is 0.326 e. The van der Waals surface area contributed by atoms with Gasteiger partial charge >= 0.3 is 11.9 Å². The molecule has 0 spiro atoms. The third-order valence-electron chi connectivity index (χ3n) is 17.1. The maximum atomic E-state index is 14.7. The normalized spacial score (nSPS) is 15.4. The number of carboxylic acid groups (broad SMARTS) is 2. The Kier molecular flexibility index (Phi) is 31.5. The zero-order valence-electron chi connectivity index (χ0n) is 57.8. The van der Waals surface area contributed by atoms with Gasteiger partial charge in [-0.15, -0.1) is 0 Å². The number of hydrogen-bond donors (Lipinski definition) is 21. The van der Waals surface area contributed by atoms with Crippen molar-refractivity contribution >= 4 is 93.8 Å². The van der Waals surface area contributed by atoms with E-state index in [1.54, 1.807) is 50.4 Å². The second kappa shape index (κ2) is 40.2. The minimum atomic E-state index is -1.86. The minimum absolute atomic E-state index is 0.0330. The topological polar surface area (TPSA) is 585 Å². The summed E-state index contributed by atoms with van der Waals surface area (Å²) < 4.78 is 0. The van der Waals surface area contributed by atoms with Crippen molar-refractivity contribution in [2.45, 2.75) is 157 Å². The van der Waals surface area contributed by atoms with Crippen LogP contribution in [0.3, 0.4) is 0 Å². The number of likely N-dealkylation sites (tertiary alicyclic amines) is 1. The first-order chi connectivity index (χ1) is 49.9. The number of rotatable bonds is 41. The molecule has 5 aromatic rings. The van der Waals surface area contributed by atoms with Crippen molar-refractivity contribution < 1.29 is 93.0 Å². The molecule has 0 radical (unpaired) electrons. The van der Waals surface area contributed by atoms with Crippen LogP contribution in [0.15, 0.2) is 109 Å². The van der Waals surface area contributed by atoms with E-state index in [4.69, 9.17) is 22.6 Å². The highest BCUT2D eigenvalue weighted by atomic mass is 16.4. The Hall–Kier alpha value is -11.7. The van der Waals surface area contributed by atoms with Gasteiger partial charge in [0.25, 0.3) is 0 Å². The van der Waals surface area contributed by atoms with Crippen molar-refractivity contribution in [3.8, 4) is 11.5 Å². The number of para-hydroxylation sites is 1. The number of carbonyl (C=O) groups excluding carboxylic acids is 11. The first-order valence-electron chi connectivity index (χ1n) is 33.9. The second-order valence-corrected chi connectivity index (χ2v) is 25.8. The summed E-state index contributed by atoms with van der Waals surface area (Å²) in [6.45, 7) is 1.12. The fourth-order valence-electron chi connectivity index (χ4n) is 11.6. The largest absolute Gasteiger partial charge is 0.508 e. The number of aliphatic hydroxyl groups is 2. The Labute approximate surface area is 602 Å². The summed E-state index contributed by atoms with van der Waals surface area (Å²) in [5.41, 5.74) is 20.1. The number of aromatic hydroxyl groups is 2. The van der Waals surface area contributed by atoms with E-state index in [0.29, 0.717) is 16.7 Å². The lowest BCUT2D eigenvalue weighted by molar-refractivity contribution is -0.143. The third kappa shape index (κ3) is 25.9. The van der Waals surface area contributed by atoms with E-state index in [-0.39, 0.29) is 81.9 Å². The molecule has 2 heterocycles. The number of nitrogens with two attached hydrogens (primary N) is 3. The maximum Gasteiger partial charge on any atom is 0.326 e. The highest BCUT2D eigenvalue weighted by Crippen LogP contribution is 2.22.